The van der Waals surface area contributed by atoms with Crippen molar-refractivity contribution in [1.82, 2.24) is 19.6 Å². The van der Waals surface area contributed by atoms with Gasteiger partial charge in [0, 0.05) is 26.6 Å². The fourth-order valence-electron chi connectivity index (χ4n) is 3.42. The maximum Gasteiger partial charge on any atom is 0.254 e. The van der Waals surface area contributed by atoms with Crippen molar-refractivity contribution < 1.29 is 4.79 Å². The molecular formula is C25H21N5OS2. The first-order valence-corrected chi connectivity index (χ1v) is 12.2. The van der Waals surface area contributed by atoms with Gasteiger partial charge in [0.05, 0.1) is 12.1 Å². The van der Waals surface area contributed by atoms with Gasteiger partial charge in [0.1, 0.15) is 5.03 Å². The van der Waals surface area contributed by atoms with Crippen LogP contribution in [0.5, 0.6) is 0 Å². The smallest absolute Gasteiger partial charge is 0.254 e. The maximum absolute atomic E-state index is 12.6. The quantitative estimate of drug-likeness (QED) is 0.317. The molecule has 2 aromatic carbocycles. The Kier molecular flexibility index (Phi) is 5.93. The lowest BCUT2D eigenvalue weighted by molar-refractivity contribution is -0.115. The molecule has 164 valence electrons. The van der Waals surface area contributed by atoms with E-state index in [0.717, 1.165) is 37.3 Å². The number of thiophene rings is 1. The van der Waals surface area contributed by atoms with E-state index in [1.54, 1.807) is 27.6 Å². The van der Waals surface area contributed by atoms with Crippen molar-refractivity contribution >= 4 is 40.5 Å². The van der Waals surface area contributed by atoms with E-state index in [0.29, 0.717) is 18.0 Å². The number of hydrogen-bond donors (Lipinski definition) is 1. The molecule has 0 aliphatic heterocycles. The number of aromatic nitrogens is 4. The number of anilines is 1. The third kappa shape index (κ3) is 4.53. The van der Waals surface area contributed by atoms with E-state index >= 15 is 0 Å². The highest BCUT2D eigenvalue weighted by Crippen LogP contribution is 2.36. The summed E-state index contributed by atoms with van der Waals surface area (Å²) in [6.45, 7) is 4.01. The van der Waals surface area contributed by atoms with Crippen LogP contribution in [0.4, 0.5) is 5.69 Å². The lowest BCUT2D eigenvalue weighted by Crippen LogP contribution is -2.14. The molecule has 6 nitrogen and oxygen atoms in total. The van der Waals surface area contributed by atoms with Crippen LogP contribution in [-0.4, -0.2) is 25.5 Å². The van der Waals surface area contributed by atoms with E-state index in [4.69, 9.17) is 5.10 Å². The lowest BCUT2D eigenvalue weighted by atomic mass is 10.2. The third-order valence-corrected chi connectivity index (χ3v) is 7.35. The Morgan fingerprint density at radius 2 is 1.79 bits per heavy atom. The van der Waals surface area contributed by atoms with Crippen LogP contribution in [-0.2, 0) is 11.2 Å². The maximum atomic E-state index is 12.6. The van der Waals surface area contributed by atoms with Crippen molar-refractivity contribution in [2.75, 3.05) is 5.32 Å². The van der Waals surface area contributed by atoms with Gasteiger partial charge in [-0.1, -0.05) is 60.3 Å². The van der Waals surface area contributed by atoms with Gasteiger partial charge in [0.25, 0.3) is 5.78 Å². The second-order valence-electron chi connectivity index (χ2n) is 7.54. The fourth-order valence-corrected chi connectivity index (χ4v) is 5.22. The van der Waals surface area contributed by atoms with Crippen molar-refractivity contribution in [1.29, 1.82) is 0 Å². The average molecular weight is 472 g/mol. The lowest BCUT2D eigenvalue weighted by Gasteiger charge is -2.13. The van der Waals surface area contributed by atoms with Crippen molar-refractivity contribution in [3.8, 4) is 11.4 Å². The zero-order chi connectivity index (χ0) is 22.8. The van der Waals surface area contributed by atoms with Gasteiger partial charge in [0.15, 0.2) is 5.82 Å². The predicted molar refractivity (Wildman–Crippen MR) is 133 cm³/mol. The second-order valence-corrected chi connectivity index (χ2v) is 9.61. The van der Waals surface area contributed by atoms with Crippen molar-refractivity contribution in [2.45, 2.75) is 30.2 Å². The molecule has 5 aromatic rings. The molecule has 0 atom stereocenters. The van der Waals surface area contributed by atoms with Gasteiger partial charge in [0.2, 0.25) is 5.91 Å². The molecule has 8 heteroatoms. The number of rotatable bonds is 6. The van der Waals surface area contributed by atoms with Gasteiger partial charge < -0.3 is 5.32 Å². The van der Waals surface area contributed by atoms with Gasteiger partial charge in [-0.05, 0) is 37.4 Å². The molecule has 0 aliphatic rings. The highest BCUT2D eigenvalue weighted by atomic mass is 32.2. The average Bonchev–Trinajstić information content (AvgIpc) is 3.48. The summed E-state index contributed by atoms with van der Waals surface area (Å²) < 4.78 is 1.79. The Labute approximate surface area is 199 Å². The third-order valence-electron chi connectivity index (χ3n) is 5.23. The molecule has 0 aliphatic carbocycles. The minimum absolute atomic E-state index is 0.0367. The first-order valence-electron chi connectivity index (χ1n) is 10.5. The van der Waals surface area contributed by atoms with Crippen LogP contribution in [0.2, 0.25) is 0 Å². The first-order chi connectivity index (χ1) is 16.1. The highest BCUT2D eigenvalue weighted by Gasteiger charge is 2.18. The number of fused-ring (bicyclic) bond motifs is 1. The molecule has 3 aromatic heterocycles. The molecule has 0 spiro atoms. The number of carbonyl (C=O) groups is 1. The number of amides is 1. The molecular weight excluding hydrogens is 450 g/mol. The van der Waals surface area contributed by atoms with E-state index in [2.05, 4.69) is 15.3 Å². The van der Waals surface area contributed by atoms with Gasteiger partial charge in [-0.2, -0.15) is 9.50 Å². The molecule has 1 amide bonds. The van der Waals surface area contributed by atoms with Gasteiger partial charge in [-0.3, -0.25) is 4.79 Å². The SMILES string of the molecule is Cc1nc2nc(-c3ccccc3)nn2c(Sc2ccccc2NC(=O)Cc2cccs2)c1C. The number of nitrogens with zero attached hydrogens (tertiary/aromatic N) is 4. The zero-order valence-corrected chi connectivity index (χ0v) is 19.8. The van der Waals surface area contributed by atoms with Gasteiger partial charge in [-0.25, -0.2) is 4.98 Å². The monoisotopic (exact) mass is 471 g/mol. The summed E-state index contributed by atoms with van der Waals surface area (Å²) >= 11 is 3.13. The zero-order valence-electron chi connectivity index (χ0n) is 18.1. The second kappa shape index (κ2) is 9.17. The Balaban J connectivity index is 1.50. The molecule has 3 heterocycles. The summed E-state index contributed by atoms with van der Waals surface area (Å²) in [5, 5.41) is 10.7. The van der Waals surface area contributed by atoms with Crippen molar-refractivity contribution in [3.05, 3.63) is 88.2 Å². The Morgan fingerprint density at radius 3 is 2.58 bits per heavy atom. The van der Waals surface area contributed by atoms with Crippen molar-refractivity contribution in [3.63, 3.8) is 0 Å². The minimum Gasteiger partial charge on any atom is -0.325 e. The largest absolute Gasteiger partial charge is 0.325 e. The first kappa shape index (κ1) is 21.4. The van der Waals surface area contributed by atoms with E-state index in [1.165, 1.54) is 0 Å². The van der Waals surface area contributed by atoms with Crippen molar-refractivity contribution in [2.24, 2.45) is 0 Å². The Morgan fingerprint density at radius 1 is 1.00 bits per heavy atom. The number of nitrogens with one attached hydrogen (secondary N) is 1. The number of aryl methyl sites for hydroxylation is 1. The molecule has 0 bridgehead atoms. The Bertz CT molecular complexity index is 1430. The van der Waals surface area contributed by atoms with Gasteiger partial charge >= 0.3 is 0 Å². The molecule has 0 saturated heterocycles. The molecule has 5 rings (SSSR count). The number of carbonyl (C=O) groups excluding carboxylic acids is 1. The van der Waals surface area contributed by atoms with Crippen LogP contribution in [0.1, 0.15) is 16.1 Å². The summed E-state index contributed by atoms with van der Waals surface area (Å²) in [6.07, 6.45) is 0.359. The summed E-state index contributed by atoms with van der Waals surface area (Å²) in [5.41, 5.74) is 3.64. The molecule has 0 radical (unpaired) electrons. The Hall–Kier alpha value is -3.49. The fraction of sp³-hybridized carbons (Fsp3) is 0.120. The normalized spacial score (nSPS) is 11.1. The van der Waals surface area contributed by atoms with Crippen LogP contribution in [0.15, 0.2) is 82.0 Å². The van der Waals surface area contributed by atoms with Crippen LogP contribution in [0.25, 0.3) is 17.2 Å². The number of hydrogen-bond acceptors (Lipinski definition) is 6. The molecule has 33 heavy (non-hydrogen) atoms. The topological polar surface area (TPSA) is 72.2 Å². The van der Waals surface area contributed by atoms with Gasteiger partial charge in [-0.15, -0.1) is 16.4 Å². The molecule has 0 saturated carbocycles. The summed E-state index contributed by atoms with van der Waals surface area (Å²) in [7, 11) is 0. The summed E-state index contributed by atoms with van der Waals surface area (Å²) in [6, 6.07) is 21.6. The van der Waals surface area contributed by atoms with Crippen LogP contribution >= 0.6 is 23.1 Å². The van der Waals surface area contributed by atoms with E-state index in [-0.39, 0.29) is 5.91 Å². The number of para-hydroxylation sites is 1. The number of benzene rings is 2. The van der Waals surface area contributed by atoms with Crippen LogP contribution in [0, 0.1) is 13.8 Å². The van der Waals surface area contributed by atoms with E-state index in [9.17, 15) is 4.79 Å². The molecule has 0 unspecified atom stereocenters. The molecule has 1 N–H and O–H groups in total. The van der Waals surface area contributed by atoms with E-state index < -0.39 is 0 Å². The van der Waals surface area contributed by atoms with Crippen LogP contribution in [0.3, 0.4) is 0 Å². The minimum atomic E-state index is -0.0367. The summed E-state index contributed by atoms with van der Waals surface area (Å²) in [5.74, 6) is 1.15. The summed E-state index contributed by atoms with van der Waals surface area (Å²) in [4.78, 5) is 23.9. The highest BCUT2D eigenvalue weighted by molar-refractivity contribution is 7.99. The molecule has 0 fully saturated rings. The predicted octanol–water partition coefficient (Wildman–Crippen LogP) is 5.80. The standard InChI is InChI=1S/C25H21N5OS2/c1-16-17(2)26-25-28-23(18-9-4-3-5-10-18)29-30(25)24(16)33-21-13-7-6-12-20(21)27-22(31)15-19-11-8-14-32-19/h3-14H,15H2,1-2H3,(H,27,31). The van der Waals surface area contributed by atoms with E-state index in [1.807, 2.05) is 86.0 Å². The van der Waals surface area contributed by atoms with Crippen LogP contribution < -0.4 is 5.32 Å².